The Morgan fingerprint density at radius 2 is 1.91 bits per heavy atom. The average molecular weight is 332 g/mol. The van der Waals surface area contributed by atoms with Gasteiger partial charge in [0.15, 0.2) is 0 Å². The fourth-order valence-electron chi connectivity index (χ4n) is 3.40. The monoisotopic (exact) mass is 331 g/mol. The zero-order valence-electron chi connectivity index (χ0n) is 12.9. The van der Waals surface area contributed by atoms with Crippen molar-refractivity contribution in [2.45, 2.75) is 38.0 Å². The van der Waals surface area contributed by atoms with E-state index >= 15 is 0 Å². The van der Waals surface area contributed by atoms with Crippen molar-refractivity contribution in [2.75, 3.05) is 11.9 Å². The number of hydrogen-bond acceptors (Lipinski definition) is 3. The summed E-state index contributed by atoms with van der Waals surface area (Å²) in [5, 5.41) is 3.73. The largest absolute Gasteiger partial charge is 0.370 e. The Kier molecular flexibility index (Phi) is 3.93. The highest BCUT2D eigenvalue weighted by Crippen LogP contribution is 2.40. The molecule has 0 amide bonds. The van der Waals surface area contributed by atoms with Crippen molar-refractivity contribution in [1.29, 1.82) is 0 Å². The SMILES string of the molecule is Fc1ccc([C@H]2CCc3c(NCCC4CC4)nc(Cl)nc32)cc1. The predicted molar refractivity (Wildman–Crippen MR) is 89.4 cm³/mol. The molecule has 23 heavy (non-hydrogen) atoms. The molecular formula is C18H19ClFN3. The van der Waals surface area contributed by atoms with Gasteiger partial charge >= 0.3 is 0 Å². The first-order chi connectivity index (χ1) is 11.2. The van der Waals surface area contributed by atoms with E-state index in [9.17, 15) is 4.39 Å². The van der Waals surface area contributed by atoms with Gasteiger partial charge in [0.25, 0.3) is 0 Å². The first-order valence-corrected chi connectivity index (χ1v) is 8.64. The van der Waals surface area contributed by atoms with Crippen molar-refractivity contribution >= 4 is 17.4 Å². The summed E-state index contributed by atoms with van der Waals surface area (Å²) >= 11 is 6.14. The van der Waals surface area contributed by atoms with Crippen molar-refractivity contribution < 1.29 is 4.39 Å². The molecule has 120 valence electrons. The zero-order valence-corrected chi connectivity index (χ0v) is 13.6. The van der Waals surface area contributed by atoms with E-state index in [-0.39, 0.29) is 17.0 Å². The number of halogens is 2. The number of anilines is 1. The molecule has 1 saturated carbocycles. The fourth-order valence-corrected chi connectivity index (χ4v) is 3.58. The van der Waals surface area contributed by atoms with Gasteiger partial charge in [-0.05, 0) is 54.5 Å². The normalized spacial score (nSPS) is 19.7. The molecule has 1 aromatic heterocycles. The predicted octanol–water partition coefficient (Wildman–Crippen LogP) is 4.56. The van der Waals surface area contributed by atoms with Crippen LogP contribution in [0.15, 0.2) is 24.3 Å². The lowest BCUT2D eigenvalue weighted by atomic mass is 9.97. The van der Waals surface area contributed by atoms with Crippen molar-refractivity contribution in [2.24, 2.45) is 5.92 Å². The van der Waals surface area contributed by atoms with Crippen molar-refractivity contribution in [3.05, 3.63) is 52.2 Å². The quantitative estimate of drug-likeness (QED) is 0.816. The van der Waals surface area contributed by atoms with E-state index in [1.54, 1.807) is 0 Å². The van der Waals surface area contributed by atoms with Crippen LogP contribution in [-0.4, -0.2) is 16.5 Å². The zero-order chi connectivity index (χ0) is 15.8. The van der Waals surface area contributed by atoms with Crippen LogP contribution in [0, 0.1) is 11.7 Å². The number of benzene rings is 1. The van der Waals surface area contributed by atoms with Crippen molar-refractivity contribution in [3.63, 3.8) is 0 Å². The van der Waals surface area contributed by atoms with Crippen molar-refractivity contribution in [1.82, 2.24) is 9.97 Å². The topological polar surface area (TPSA) is 37.8 Å². The highest BCUT2D eigenvalue weighted by molar-refractivity contribution is 6.28. The van der Waals surface area contributed by atoms with E-state index in [1.807, 2.05) is 12.1 Å². The van der Waals surface area contributed by atoms with E-state index in [2.05, 4.69) is 15.3 Å². The Labute approximate surface area is 140 Å². The molecule has 0 bridgehead atoms. The van der Waals surface area contributed by atoms with Gasteiger partial charge < -0.3 is 5.32 Å². The Morgan fingerprint density at radius 1 is 1.13 bits per heavy atom. The molecule has 2 aromatic rings. The third-order valence-corrected chi connectivity index (χ3v) is 5.01. The molecule has 2 aliphatic carbocycles. The van der Waals surface area contributed by atoms with E-state index in [0.717, 1.165) is 42.4 Å². The Hall–Kier alpha value is -1.68. The molecule has 3 nitrogen and oxygen atoms in total. The maximum Gasteiger partial charge on any atom is 0.224 e. The number of hydrogen-bond donors (Lipinski definition) is 1. The lowest BCUT2D eigenvalue weighted by Gasteiger charge is -2.13. The summed E-state index contributed by atoms with van der Waals surface area (Å²) in [4.78, 5) is 8.86. The van der Waals surface area contributed by atoms with Crippen molar-refractivity contribution in [3.8, 4) is 0 Å². The molecule has 1 N–H and O–H groups in total. The molecule has 0 spiro atoms. The second-order valence-corrected chi connectivity index (χ2v) is 6.84. The van der Waals surface area contributed by atoms with E-state index < -0.39 is 0 Å². The molecule has 0 saturated heterocycles. The van der Waals surface area contributed by atoms with Crippen LogP contribution in [0.25, 0.3) is 0 Å². The molecule has 0 unspecified atom stereocenters. The van der Waals surface area contributed by atoms with Gasteiger partial charge in [-0.25, -0.2) is 14.4 Å². The van der Waals surface area contributed by atoms with Crippen LogP contribution >= 0.6 is 11.6 Å². The smallest absolute Gasteiger partial charge is 0.224 e. The van der Waals surface area contributed by atoms with Gasteiger partial charge in [-0.1, -0.05) is 25.0 Å². The minimum absolute atomic E-state index is 0.176. The molecule has 1 heterocycles. The Morgan fingerprint density at radius 3 is 2.65 bits per heavy atom. The first kappa shape index (κ1) is 14.9. The van der Waals surface area contributed by atoms with Crippen LogP contribution in [0.5, 0.6) is 0 Å². The third kappa shape index (κ3) is 3.18. The second kappa shape index (κ2) is 6.08. The van der Waals surface area contributed by atoms with Gasteiger partial charge in [0.1, 0.15) is 11.6 Å². The molecule has 1 atom stereocenters. The van der Waals surface area contributed by atoms with E-state index in [0.29, 0.717) is 0 Å². The number of nitrogens with zero attached hydrogens (tertiary/aromatic N) is 2. The van der Waals surface area contributed by atoms with E-state index in [1.165, 1.54) is 37.0 Å². The number of nitrogens with one attached hydrogen (secondary N) is 1. The maximum atomic E-state index is 13.2. The number of rotatable bonds is 5. The maximum absolute atomic E-state index is 13.2. The standard InChI is InChI=1S/C18H19ClFN3/c19-18-22-16-14(12-3-5-13(20)6-4-12)7-8-15(16)17(23-18)21-10-9-11-1-2-11/h3-6,11,14H,1-2,7-10H2,(H,21,22,23)/t14-/m1/s1. The van der Waals surface area contributed by atoms with Gasteiger partial charge in [-0.3, -0.25) is 0 Å². The summed E-state index contributed by atoms with van der Waals surface area (Å²) in [5.74, 6) is 1.73. The second-order valence-electron chi connectivity index (χ2n) is 6.51. The average Bonchev–Trinajstić information content (AvgIpc) is 3.26. The highest BCUT2D eigenvalue weighted by atomic mass is 35.5. The molecule has 2 aliphatic rings. The van der Waals surface area contributed by atoms with Crippen LogP contribution in [0.2, 0.25) is 5.28 Å². The van der Waals surface area contributed by atoms with E-state index in [4.69, 9.17) is 11.6 Å². The Balaban J connectivity index is 1.59. The van der Waals surface area contributed by atoms with Gasteiger partial charge in [0, 0.05) is 18.0 Å². The van der Waals surface area contributed by atoms with Crippen LogP contribution in [0.4, 0.5) is 10.2 Å². The summed E-state index contributed by atoms with van der Waals surface area (Å²) in [6.45, 7) is 0.936. The number of fused-ring (bicyclic) bond motifs is 1. The summed E-state index contributed by atoms with van der Waals surface area (Å²) in [6.07, 6.45) is 5.80. The highest BCUT2D eigenvalue weighted by Gasteiger charge is 2.29. The molecule has 4 rings (SSSR count). The number of aromatic nitrogens is 2. The summed E-state index contributed by atoms with van der Waals surface area (Å²) in [5.41, 5.74) is 3.24. The van der Waals surface area contributed by atoms with Gasteiger partial charge in [-0.2, -0.15) is 0 Å². The third-order valence-electron chi connectivity index (χ3n) is 4.84. The minimum atomic E-state index is -0.213. The Bertz CT molecular complexity index is 713. The minimum Gasteiger partial charge on any atom is -0.370 e. The molecule has 0 radical (unpaired) electrons. The molecular weight excluding hydrogens is 313 g/mol. The van der Waals surface area contributed by atoms with Crippen LogP contribution in [0.1, 0.15) is 48.4 Å². The fraction of sp³-hybridized carbons (Fsp3) is 0.444. The van der Waals surface area contributed by atoms with Gasteiger partial charge in [0.05, 0.1) is 5.69 Å². The van der Waals surface area contributed by atoms with Crippen LogP contribution in [0.3, 0.4) is 0 Å². The molecule has 1 aromatic carbocycles. The summed E-state index contributed by atoms with van der Waals surface area (Å²) in [6, 6.07) is 6.69. The molecule has 0 aliphatic heterocycles. The lowest BCUT2D eigenvalue weighted by molar-refractivity contribution is 0.625. The van der Waals surface area contributed by atoms with Crippen LogP contribution in [-0.2, 0) is 6.42 Å². The lowest BCUT2D eigenvalue weighted by Crippen LogP contribution is -2.09. The van der Waals surface area contributed by atoms with Crippen LogP contribution < -0.4 is 5.32 Å². The summed E-state index contributed by atoms with van der Waals surface area (Å²) < 4.78 is 13.2. The first-order valence-electron chi connectivity index (χ1n) is 8.26. The summed E-state index contributed by atoms with van der Waals surface area (Å²) in [7, 11) is 0. The molecule has 1 fully saturated rings. The van der Waals surface area contributed by atoms with Gasteiger partial charge in [-0.15, -0.1) is 0 Å². The molecule has 5 heteroatoms. The van der Waals surface area contributed by atoms with Gasteiger partial charge in [0.2, 0.25) is 5.28 Å².